The van der Waals surface area contributed by atoms with Crippen LogP contribution in [0.25, 0.3) is 0 Å². The highest BCUT2D eigenvalue weighted by molar-refractivity contribution is 9.10. The number of carbonyl (C=O) groups is 1. The molecule has 0 saturated carbocycles. The van der Waals surface area contributed by atoms with E-state index in [1.165, 1.54) is 16.8 Å². The first-order valence-electron chi connectivity index (χ1n) is 6.54. The van der Waals surface area contributed by atoms with Gasteiger partial charge in [0, 0.05) is 42.3 Å². The number of benzene rings is 1. The van der Waals surface area contributed by atoms with Crippen LogP contribution in [-0.2, 0) is 13.6 Å². The van der Waals surface area contributed by atoms with Crippen LogP contribution in [0.5, 0.6) is 0 Å². The third-order valence-electron chi connectivity index (χ3n) is 3.19. The molecule has 110 valence electrons. The molecule has 1 heterocycles. The van der Waals surface area contributed by atoms with Crippen LogP contribution in [0.3, 0.4) is 0 Å². The van der Waals surface area contributed by atoms with E-state index in [2.05, 4.69) is 15.9 Å². The number of carbonyl (C=O) groups excluding carboxylic acids is 1. The molecule has 1 aromatic carbocycles. The Morgan fingerprint density at radius 2 is 1.81 bits per heavy atom. The van der Waals surface area contributed by atoms with Crippen LogP contribution >= 0.6 is 15.9 Å². The second-order valence-electron chi connectivity index (χ2n) is 4.73. The number of Topliss-reactive ketones (excluding diaryl/α,β-unsaturated/α-hetero) is 1. The third-order valence-corrected chi connectivity index (χ3v) is 3.72. The molecule has 0 atom stereocenters. The zero-order chi connectivity index (χ0) is 15.4. The predicted molar refractivity (Wildman–Crippen MR) is 83.6 cm³/mol. The van der Waals surface area contributed by atoms with Gasteiger partial charge in [0.2, 0.25) is 0 Å². The maximum Gasteiger partial charge on any atom is 0.330 e. The topological polar surface area (TPSA) is 61.1 Å². The molecule has 0 spiro atoms. The van der Waals surface area contributed by atoms with Crippen molar-refractivity contribution in [2.45, 2.75) is 19.4 Å². The molecule has 0 fully saturated rings. The van der Waals surface area contributed by atoms with E-state index in [9.17, 15) is 14.4 Å². The van der Waals surface area contributed by atoms with Crippen molar-refractivity contribution in [1.82, 2.24) is 9.13 Å². The number of aryl methyl sites for hydroxylation is 1. The molecule has 6 heteroatoms. The van der Waals surface area contributed by atoms with Crippen molar-refractivity contribution in [2.24, 2.45) is 7.05 Å². The normalized spacial score (nSPS) is 10.6. The Morgan fingerprint density at radius 1 is 1.14 bits per heavy atom. The lowest BCUT2D eigenvalue weighted by Gasteiger charge is -2.06. The van der Waals surface area contributed by atoms with Crippen LogP contribution in [0, 0.1) is 0 Å². The van der Waals surface area contributed by atoms with Crippen molar-refractivity contribution < 1.29 is 4.79 Å². The van der Waals surface area contributed by atoms with Crippen LogP contribution in [-0.4, -0.2) is 14.9 Å². The van der Waals surface area contributed by atoms with Gasteiger partial charge in [-0.2, -0.15) is 0 Å². The molecule has 0 radical (unpaired) electrons. The second-order valence-corrected chi connectivity index (χ2v) is 5.65. The molecule has 0 aliphatic carbocycles. The summed E-state index contributed by atoms with van der Waals surface area (Å²) in [6.07, 6.45) is 2.19. The first-order chi connectivity index (χ1) is 9.99. The summed E-state index contributed by atoms with van der Waals surface area (Å²) in [7, 11) is 1.59. The van der Waals surface area contributed by atoms with Gasteiger partial charge >= 0.3 is 5.69 Å². The van der Waals surface area contributed by atoms with Crippen LogP contribution in [0.15, 0.2) is 50.6 Å². The molecule has 2 rings (SSSR count). The van der Waals surface area contributed by atoms with Crippen LogP contribution in [0.4, 0.5) is 0 Å². The lowest BCUT2D eigenvalue weighted by molar-refractivity contribution is 0.0978. The first-order valence-corrected chi connectivity index (χ1v) is 7.33. The summed E-state index contributed by atoms with van der Waals surface area (Å²) >= 11 is 3.31. The molecule has 5 nitrogen and oxygen atoms in total. The Bertz CT molecular complexity index is 760. The van der Waals surface area contributed by atoms with E-state index in [1.54, 1.807) is 19.2 Å². The average molecular weight is 351 g/mol. The summed E-state index contributed by atoms with van der Waals surface area (Å²) in [5.41, 5.74) is -0.0701. The van der Waals surface area contributed by atoms with E-state index < -0.39 is 0 Å². The maximum absolute atomic E-state index is 12.0. The number of hydrogen-bond donors (Lipinski definition) is 0. The third kappa shape index (κ3) is 3.78. The van der Waals surface area contributed by atoms with Crippen molar-refractivity contribution in [3.05, 3.63) is 67.4 Å². The van der Waals surface area contributed by atoms with Crippen molar-refractivity contribution in [3.8, 4) is 0 Å². The highest BCUT2D eigenvalue weighted by Gasteiger charge is 2.07. The maximum atomic E-state index is 12.0. The minimum Gasteiger partial charge on any atom is -0.303 e. The zero-order valence-corrected chi connectivity index (χ0v) is 13.2. The van der Waals surface area contributed by atoms with Gasteiger partial charge < -0.3 is 4.57 Å². The molecule has 1 aromatic heterocycles. The van der Waals surface area contributed by atoms with Gasteiger partial charge in [-0.1, -0.05) is 28.1 Å². The highest BCUT2D eigenvalue weighted by atomic mass is 79.9. The van der Waals surface area contributed by atoms with Crippen molar-refractivity contribution >= 4 is 21.7 Å². The van der Waals surface area contributed by atoms with Crippen molar-refractivity contribution in [1.29, 1.82) is 0 Å². The Hall–Kier alpha value is -1.95. The molecular weight excluding hydrogens is 336 g/mol. The Balaban J connectivity index is 2.01. The largest absolute Gasteiger partial charge is 0.330 e. The standard InChI is InChI=1S/C15H15BrN2O3/c1-17-10-8-14(20)18(15(17)21)9-2-3-13(19)11-4-6-12(16)7-5-11/h4-8,10H,2-3,9H2,1H3. The van der Waals surface area contributed by atoms with Gasteiger partial charge in [0.15, 0.2) is 5.78 Å². The second kappa shape index (κ2) is 6.67. The number of nitrogens with zero attached hydrogens (tertiary/aromatic N) is 2. The zero-order valence-electron chi connectivity index (χ0n) is 11.6. The molecule has 21 heavy (non-hydrogen) atoms. The van der Waals surface area contributed by atoms with E-state index in [0.29, 0.717) is 18.4 Å². The highest BCUT2D eigenvalue weighted by Crippen LogP contribution is 2.12. The average Bonchev–Trinajstić information content (AvgIpc) is 2.47. The molecule has 0 amide bonds. The Morgan fingerprint density at radius 3 is 2.48 bits per heavy atom. The van der Waals surface area contributed by atoms with Gasteiger partial charge in [-0.15, -0.1) is 0 Å². The minimum absolute atomic E-state index is 0.00306. The molecule has 0 saturated heterocycles. The summed E-state index contributed by atoms with van der Waals surface area (Å²) in [6, 6.07) is 8.47. The quantitative estimate of drug-likeness (QED) is 0.774. The fourth-order valence-corrected chi connectivity index (χ4v) is 2.26. The van der Waals surface area contributed by atoms with Gasteiger partial charge in [0.1, 0.15) is 0 Å². The van der Waals surface area contributed by atoms with E-state index in [1.807, 2.05) is 12.1 Å². The first kappa shape index (κ1) is 15.4. The van der Waals surface area contributed by atoms with Crippen LogP contribution in [0.2, 0.25) is 0 Å². The SMILES string of the molecule is Cn1ccc(=O)n(CCCC(=O)c2ccc(Br)cc2)c1=O. The fraction of sp³-hybridized carbons (Fsp3) is 0.267. The summed E-state index contributed by atoms with van der Waals surface area (Å²) in [5, 5.41) is 0. The van der Waals surface area contributed by atoms with E-state index in [0.717, 1.165) is 9.04 Å². The number of ketones is 1. The van der Waals surface area contributed by atoms with Crippen LogP contribution < -0.4 is 11.2 Å². The summed E-state index contributed by atoms with van der Waals surface area (Å²) in [5.74, 6) is 0.00306. The summed E-state index contributed by atoms with van der Waals surface area (Å²) in [6.45, 7) is 0.245. The Kier molecular flexibility index (Phi) is 4.90. The number of rotatable bonds is 5. The lowest BCUT2D eigenvalue weighted by atomic mass is 10.1. The molecule has 0 unspecified atom stereocenters. The minimum atomic E-state index is -0.362. The van der Waals surface area contributed by atoms with Crippen molar-refractivity contribution in [3.63, 3.8) is 0 Å². The molecule has 2 aromatic rings. The number of aromatic nitrogens is 2. The van der Waals surface area contributed by atoms with Gasteiger partial charge in [-0.05, 0) is 18.6 Å². The van der Waals surface area contributed by atoms with Crippen molar-refractivity contribution in [2.75, 3.05) is 0 Å². The molecule has 0 N–H and O–H groups in total. The molecule has 0 aliphatic rings. The van der Waals surface area contributed by atoms with Crippen LogP contribution in [0.1, 0.15) is 23.2 Å². The van der Waals surface area contributed by atoms with E-state index in [4.69, 9.17) is 0 Å². The van der Waals surface area contributed by atoms with E-state index >= 15 is 0 Å². The summed E-state index contributed by atoms with van der Waals surface area (Å²) < 4.78 is 3.41. The van der Waals surface area contributed by atoms with Gasteiger partial charge in [-0.3, -0.25) is 14.2 Å². The van der Waals surface area contributed by atoms with Gasteiger partial charge in [0.25, 0.3) is 5.56 Å². The van der Waals surface area contributed by atoms with Gasteiger partial charge in [0.05, 0.1) is 0 Å². The number of hydrogen-bond acceptors (Lipinski definition) is 3. The molecule has 0 bridgehead atoms. The molecule has 0 aliphatic heterocycles. The van der Waals surface area contributed by atoms with E-state index in [-0.39, 0.29) is 23.6 Å². The van der Waals surface area contributed by atoms with Gasteiger partial charge in [-0.25, -0.2) is 4.79 Å². The molecular formula is C15H15BrN2O3. The fourth-order valence-electron chi connectivity index (χ4n) is 2.00. The monoisotopic (exact) mass is 350 g/mol. The lowest BCUT2D eigenvalue weighted by Crippen LogP contribution is -2.38. The Labute approximate surface area is 130 Å². The number of halogens is 1. The smallest absolute Gasteiger partial charge is 0.303 e. The predicted octanol–water partition coefficient (Wildman–Crippen LogP) is 1.97. The summed E-state index contributed by atoms with van der Waals surface area (Å²) in [4.78, 5) is 35.4.